The van der Waals surface area contributed by atoms with Gasteiger partial charge in [-0.2, -0.15) is 13.2 Å². The van der Waals surface area contributed by atoms with E-state index in [1.54, 1.807) is 18.2 Å². The van der Waals surface area contributed by atoms with Crippen molar-refractivity contribution in [3.8, 4) is 11.3 Å². The topological polar surface area (TPSA) is 30.2 Å². The van der Waals surface area contributed by atoms with Gasteiger partial charge in [-0.1, -0.05) is 48.5 Å². The first kappa shape index (κ1) is 18.5. The monoisotopic (exact) mass is 368 g/mol. The predicted octanol–water partition coefficient (Wildman–Crippen LogP) is 6.26. The number of ketones is 1. The molecule has 27 heavy (non-hydrogen) atoms. The Morgan fingerprint density at radius 1 is 0.852 bits per heavy atom. The highest BCUT2D eigenvalue weighted by Gasteiger charge is 2.30. The molecule has 0 unspecified atom stereocenters. The third kappa shape index (κ3) is 5.07. The summed E-state index contributed by atoms with van der Waals surface area (Å²) in [7, 11) is 0. The molecule has 2 nitrogen and oxygen atoms in total. The van der Waals surface area contributed by atoms with Crippen molar-refractivity contribution in [3.05, 3.63) is 95.8 Å². The highest BCUT2D eigenvalue weighted by atomic mass is 19.4. The van der Waals surface area contributed by atoms with Gasteiger partial charge in [0.15, 0.2) is 5.78 Å². The van der Waals surface area contributed by atoms with Crippen LogP contribution in [0.2, 0.25) is 0 Å². The zero-order valence-corrected chi connectivity index (χ0v) is 14.1. The van der Waals surface area contributed by atoms with Gasteiger partial charge < -0.3 is 4.42 Å². The standard InChI is InChI=1S/C22H15F3O2/c23-22(24,25)18-8-4-7-17(15-18)21-14-13-20(27-21)12-11-19(26)10-9-16-5-2-1-3-6-16/h1-15H. The van der Waals surface area contributed by atoms with E-state index in [0.29, 0.717) is 17.1 Å². The summed E-state index contributed by atoms with van der Waals surface area (Å²) in [6.07, 6.45) is 1.54. The summed E-state index contributed by atoms with van der Waals surface area (Å²) in [6, 6.07) is 17.4. The Morgan fingerprint density at radius 3 is 2.33 bits per heavy atom. The Morgan fingerprint density at radius 2 is 1.59 bits per heavy atom. The lowest BCUT2D eigenvalue weighted by molar-refractivity contribution is -0.137. The third-order valence-electron chi connectivity index (χ3n) is 3.75. The number of allylic oxidation sites excluding steroid dienone is 2. The Balaban J connectivity index is 1.70. The molecule has 5 heteroatoms. The van der Waals surface area contributed by atoms with E-state index in [4.69, 9.17) is 4.42 Å². The molecular weight excluding hydrogens is 353 g/mol. The first-order valence-electron chi connectivity index (χ1n) is 8.14. The average Bonchev–Trinajstić information content (AvgIpc) is 3.14. The largest absolute Gasteiger partial charge is 0.457 e. The summed E-state index contributed by atoms with van der Waals surface area (Å²) in [4.78, 5) is 11.9. The maximum absolute atomic E-state index is 12.8. The summed E-state index contributed by atoms with van der Waals surface area (Å²) >= 11 is 0. The van der Waals surface area contributed by atoms with Gasteiger partial charge in [0.2, 0.25) is 0 Å². The van der Waals surface area contributed by atoms with Crippen LogP contribution in [0.1, 0.15) is 16.9 Å². The van der Waals surface area contributed by atoms with Crippen molar-refractivity contribution in [1.29, 1.82) is 0 Å². The molecule has 3 rings (SSSR count). The van der Waals surface area contributed by atoms with E-state index in [-0.39, 0.29) is 5.78 Å². The van der Waals surface area contributed by atoms with Gasteiger partial charge in [-0.3, -0.25) is 4.79 Å². The van der Waals surface area contributed by atoms with E-state index < -0.39 is 11.7 Å². The second kappa shape index (κ2) is 7.91. The van der Waals surface area contributed by atoms with Gasteiger partial charge in [0, 0.05) is 5.56 Å². The number of alkyl halides is 3. The van der Waals surface area contributed by atoms with Crippen LogP contribution in [-0.2, 0) is 11.0 Å². The highest BCUT2D eigenvalue weighted by Crippen LogP contribution is 2.32. The molecule has 0 aliphatic heterocycles. The van der Waals surface area contributed by atoms with E-state index >= 15 is 0 Å². The second-order valence-corrected chi connectivity index (χ2v) is 5.76. The van der Waals surface area contributed by atoms with Crippen LogP contribution in [0, 0.1) is 0 Å². The molecule has 0 saturated carbocycles. The first-order chi connectivity index (χ1) is 12.9. The minimum Gasteiger partial charge on any atom is -0.457 e. The molecule has 0 aliphatic rings. The number of benzene rings is 2. The minimum atomic E-state index is -4.41. The molecule has 0 amide bonds. The molecular formula is C22H15F3O2. The summed E-state index contributed by atoms with van der Waals surface area (Å²) in [5, 5.41) is 0. The third-order valence-corrected chi connectivity index (χ3v) is 3.75. The Kier molecular flexibility index (Phi) is 5.41. The van der Waals surface area contributed by atoms with Crippen molar-refractivity contribution in [1.82, 2.24) is 0 Å². The Bertz CT molecular complexity index is 980. The van der Waals surface area contributed by atoms with Crippen LogP contribution in [0.4, 0.5) is 13.2 Å². The van der Waals surface area contributed by atoms with Gasteiger partial charge in [0.25, 0.3) is 0 Å². The van der Waals surface area contributed by atoms with Crippen LogP contribution >= 0.6 is 0 Å². The molecule has 0 saturated heterocycles. The second-order valence-electron chi connectivity index (χ2n) is 5.76. The lowest BCUT2D eigenvalue weighted by atomic mass is 10.1. The lowest BCUT2D eigenvalue weighted by Gasteiger charge is -2.07. The molecule has 1 heterocycles. The molecule has 3 aromatic rings. The highest BCUT2D eigenvalue weighted by molar-refractivity contribution is 6.04. The van der Waals surface area contributed by atoms with Crippen molar-refractivity contribution in [2.75, 3.05) is 0 Å². The SMILES string of the molecule is O=C(C=Cc1ccccc1)C=Cc1ccc(-c2cccc(C(F)(F)F)c2)o1. The fraction of sp³-hybridized carbons (Fsp3) is 0.0455. The molecule has 0 N–H and O–H groups in total. The molecule has 0 aliphatic carbocycles. The van der Waals surface area contributed by atoms with Crippen molar-refractivity contribution in [3.63, 3.8) is 0 Å². The van der Waals surface area contributed by atoms with Gasteiger partial charge >= 0.3 is 6.18 Å². The fourth-order valence-corrected chi connectivity index (χ4v) is 2.41. The van der Waals surface area contributed by atoms with Crippen molar-refractivity contribution >= 4 is 17.9 Å². The number of carbonyl (C=O) groups is 1. The Hall–Kier alpha value is -3.34. The molecule has 136 valence electrons. The maximum atomic E-state index is 12.8. The number of halogens is 3. The molecule has 0 atom stereocenters. The van der Waals surface area contributed by atoms with E-state index in [2.05, 4.69) is 0 Å². The summed E-state index contributed by atoms with van der Waals surface area (Å²) in [6.45, 7) is 0. The van der Waals surface area contributed by atoms with Crippen LogP contribution < -0.4 is 0 Å². The van der Waals surface area contributed by atoms with Crippen LogP contribution in [0.15, 0.2) is 83.3 Å². The number of rotatable bonds is 5. The van der Waals surface area contributed by atoms with Crippen molar-refractivity contribution in [2.24, 2.45) is 0 Å². The van der Waals surface area contributed by atoms with E-state index in [9.17, 15) is 18.0 Å². The van der Waals surface area contributed by atoms with Crippen molar-refractivity contribution in [2.45, 2.75) is 6.18 Å². The van der Waals surface area contributed by atoms with Gasteiger partial charge in [0.1, 0.15) is 11.5 Å². The smallest absolute Gasteiger partial charge is 0.416 e. The molecule has 0 fully saturated rings. The van der Waals surface area contributed by atoms with Crippen LogP contribution in [0.25, 0.3) is 23.5 Å². The lowest BCUT2D eigenvalue weighted by Crippen LogP contribution is -2.04. The van der Waals surface area contributed by atoms with Crippen molar-refractivity contribution < 1.29 is 22.4 Å². The van der Waals surface area contributed by atoms with Gasteiger partial charge in [0.05, 0.1) is 5.56 Å². The summed E-state index contributed by atoms with van der Waals surface area (Å²) < 4.78 is 43.9. The van der Waals surface area contributed by atoms with Gasteiger partial charge in [-0.15, -0.1) is 0 Å². The van der Waals surface area contributed by atoms with Crippen LogP contribution in [0.5, 0.6) is 0 Å². The molecule has 1 aromatic heterocycles. The zero-order chi connectivity index (χ0) is 19.3. The average molecular weight is 368 g/mol. The number of hydrogen-bond donors (Lipinski definition) is 0. The molecule has 0 bridgehead atoms. The number of furan rings is 1. The molecule has 2 aromatic carbocycles. The Labute approximate surface area is 154 Å². The first-order valence-corrected chi connectivity index (χ1v) is 8.14. The molecule has 0 radical (unpaired) electrons. The summed E-state index contributed by atoms with van der Waals surface area (Å²) in [5.41, 5.74) is 0.485. The minimum absolute atomic E-state index is 0.226. The van der Waals surface area contributed by atoms with E-state index in [0.717, 1.165) is 17.7 Å². The number of carbonyl (C=O) groups excluding carboxylic acids is 1. The van der Waals surface area contributed by atoms with Crippen LogP contribution in [0.3, 0.4) is 0 Å². The van der Waals surface area contributed by atoms with Gasteiger partial charge in [-0.25, -0.2) is 0 Å². The predicted molar refractivity (Wildman–Crippen MR) is 98.7 cm³/mol. The van der Waals surface area contributed by atoms with E-state index in [1.165, 1.54) is 30.4 Å². The van der Waals surface area contributed by atoms with Gasteiger partial charge in [-0.05, 0) is 48.1 Å². The fourth-order valence-electron chi connectivity index (χ4n) is 2.41. The zero-order valence-electron chi connectivity index (χ0n) is 14.1. The maximum Gasteiger partial charge on any atom is 0.416 e. The quantitative estimate of drug-likeness (QED) is 0.498. The molecule has 0 spiro atoms. The summed E-state index contributed by atoms with van der Waals surface area (Å²) in [5.74, 6) is 0.452. The van der Waals surface area contributed by atoms with E-state index in [1.807, 2.05) is 30.3 Å². The number of hydrogen-bond acceptors (Lipinski definition) is 2. The van der Waals surface area contributed by atoms with Crippen LogP contribution in [-0.4, -0.2) is 5.78 Å². The normalized spacial score (nSPS) is 12.1.